The highest BCUT2D eigenvalue weighted by Crippen LogP contribution is 2.27. The van der Waals surface area contributed by atoms with Crippen molar-refractivity contribution in [3.8, 4) is 0 Å². The molecule has 0 fully saturated rings. The van der Waals surface area contributed by atoms with Gasteiger partial charge in [-0.2, -0.15) is 0 Å². The molecule has 1 N–H and O–H groups in total. The Kier molecular flexibility index (Phi) is 4.18. The fourth-order valence-corrected chi connectivity index (χ4v) is 4.54. The van der Waals surface area contributed by atoms with Gasteiger partial charge in [0.05, 0.1) is 5.56 Å². The van der Waals surface area contributed by atoms with Gasteiger partial charge in [0.1, 0.15) is 10.3 Å². The molecule has 1 atom stereocenters. The van der Waals surface area contributed by atoms with Crippen molar-refractivity contribution in [2.24, 2.45) is 0 Å². The van der Waals surface area contributed by atoms with Gasteiger partial charge in [-0.05, 0) is 17.2 Å². The summed E-state index contributed by atoms with van der Waals surface area (Å²) in [6.45, 7) is 0.191. The van der Waals surface area contributed by atoms with Crippen LogP contribution in [0.1, 0.15) is 21.5 Å². The molecule has 1 aliphatic rings. The largest absolute Gasteiger partial charge is 0.480 e. The van der Waals surface area contributed by atoms with Crippen molar-refractivity contribution in [2.45, 2.75) is 23.2 Å². The molecule has 126 valence electrons. The van der Waals surface area contributed by atoms with E-state index in [0.29, 0.717) is 0 Å². The maximum atomic E-state index is 12.7. The molecule has 0 aliphatic carbocycles. The molecule has 0 spiro atoms. The molecule has 1 aromatic heterocycles. The zero-order valence-electron chi connectivity index (χ0n) is 12.8. The standard InChI is InChI=1S/C16H15NO5S2/c1-24(21,22)14-7-12(9-23-14)15(18)17-8-11-5-3-2-4-10(11)6-13(17)16(19)20/h2-5,7,9,13H,6,8H2,1H3,(H,19,20). The Morgan fingerprint density at radius 3 is 2.50 bits per heavy atom. The van der Waals surface area contributed by atoms with E-state index in [9.17, 15) is 23.1 Å². The molecular weight excluding hydrogens is 350 g/mol. The van der Waals surface area contributed by atoms with Gasteiger partial charge in [-0.15, -0.1) is 11.3 Å². The van der Waals surface area contributed by atoms with E-state index in [2.05, 4.69) is 0 Å². The van der Waals surface area contributed by atoms with Crippen molar-refractivity contribution in [1.82, 2.24) is 4.90 Å². The van der Waals surface area contributed by atoms with E-state index in [0.717, 1.165) is 28.7 Å². The number of hydrogen-bond acceptors (Lipinski definition) is 5. The summed E-state index contributed by atoms with van der Waals surface area (Å²) in [4.78, 5) is 25.6. The van der Waals surface area contributed by atoms with Crippen LogP contribution < -0.4 is 0 Å². The van der Waals surface area contributed by atoms with Crippen LogP contribution in [-0.2, 0) is 27.6 Å². The lowest BCUT2D eigenvalue weighted by atomic mass is 9.93. The van der Waals surface area contributed by atoms with Crippen molar-refractivity contribution in [3.05, 3.63) is 52.4 Å². The average molecular weight is 365 g/mol. The highest BCUT2D eigenvalue weighted by molar-refractivity contribution is 7.92. The topological polar surface area (TPSA) is 91.8 Å². The monoisotopic (exact) mass is 365 g/mol. The summed E-state index contributed by atoms with van der Waals surface area (Å²) in [5.41, 5.74) is 2.02. The van der Waals surface area contributed by atoms with Crippen LogP contribution in [-0.4, -0.2) is 42.6 Å². The second kappa shape index (κ2) is 6.03. The number of aliphatic carboxylic acids is 1. The number of thiophene rings is 1. The summed E-state index contributed by atoms with van der Waals surface area (Å²) in [5.74, 6) is -1.54. The number of carboxylic acids is 1. The summed E-state index contributed by atoms with van der Waals surface area (Å²) >= 11 is 0.961. The van der Waals surface area contributed by atoms with Crippen LogP contribution in [0.2, 0.25) is 0 Å². The molecule has 1 unspecified atom stereocenters. The maximum absolute atomic E-state index is 12.7. The molecule has 0 radical (unpaired) electrons. The van der Waals surface area contributed by atoms with Crippen LogP contribution in [0.4, 0.5) is 0 Å². The van der Waals surface area contributed by atoms with Gasteiger partial charge in [-0.25, -0.2) is 13.2 Å². The molecule has 0 saturated heterocycles. The van der Waals surface area contributed by atoms with Gasteiger partial charge in [0.2, 0.25) is 0 Å². The van der Waals surface area contributed by atoms with E-state index < -0.39 is 27.8 Å². The minimum atomic E-state index is -3.39. The minimum Gasteiger partial charge on any atom is -0.480 e. The molecule has 0 bridgehead atoms. The van der Waals surface area contributed by atoms with E-state index in [1.165, 1.54) is 16.3 Å². The second-order valence-corrected chi connectivity index (χ2v) is 8.84. The first-order valence-corrected chi connectivity index (χ1v) is 9.93. The Bertz CT molecular complexity index is 916. The Morgan fingerprint density at radius 2 is 1.92 bits per heavy atom. The van der Waals surface area contributed by atoms with Gasteiger partial charge in [0, 0.05) is 24.6 Å². The Hall–Kier alpha value is -2.19. The summed E-state index contributed by atoms with van der Waals surface area (Å²) in [7, 11) is -3.39. The average Bonchev–Trinajstić information content (AvgIpc) is 3.03. The first kappa shape index (κ1) is 16.7. The quantitative estimate of drug-likeness (QED) is 0.895. The third-order valence-corrected chi connectivity index (χ3v) is 6.75. The number of carbonyl (C=O) groups excluding carboxylic acids is 1. The van der Waals surface area contributed by atoms with Crippen molar-refractivity contribution in [1.29, 1.82) is 0 Å². The summed E-state index contributed by atoms with van der Waals surface area (Å²) in [5, 5.41) is 10.9. The molecule has 1 aliphatic heterocycles. The Morgan fingerprint density at radius 1 is 1.25 bits per heavy atom. The third-order valence-electron chi connectivity index (χ3n) is 3.98. The van der Waals surface area contributed by atoms with Crippen molar-refractivity contribution < 1.29 is 23.1 Å². The zero-order chi connectivity index (χ0) is 17.5. The number of hydrogen-bond donors (Lipinski definition) is 1. The van der Waals surface area contributed by atoms with Gasteiger partial charge in [0.25, 0.3) is 5.91 Å². The number of nitrogens with zero attached hydrogens (tertiary/aromatic N) is 1. The zero-order valence-corrected chi connectivity index (χ0v) is 14.4. The minimum absolute atomic E-state index is 0.0927. The maximum Gasteiger partial charge on any atom is 0.326 e. The lowest BCUT2D eigenvalue weighted by Gasteiger charge is -2.34. The van der Waals surface area contributed by atoms with Crippen LogP contribution in [0.5, 0.6) is 0 Å². The molecule has 24 heavy (non-hydrogen) atoms. The second-order valence-electron chi connectivity index (χ2n) is 5.69. The first-order chi connectivity index (χ1) is 11.3. The van der Waals surface area contributed by atoms with E-state index in [4.69, 9.17) is 0 Å². The highest BCUT2D eigenvalue weighted by Gasteiger charge is 2.35. The number of fused-ring (bicyclic) bond motifs is 1. The smallest absolute Gasteiger partial charge is 0.326 e. The molecule has 1 amide bonds. The molecule has 8 heteroatoms. The van der Waals surface area contributed by atoms with Crippen molar-refractivity contribution >= 4 is 33.1 Å². The van der Waals surface area contributed by atoms with E-state index in [1.807, 2.05) is 24.3 Å². The predicted octanol–water partition coefficient (Wildman–Crippen LogP) is 1.80. The lowest BCUT2D eigenvalue weighted by Crippen LogP contribution is -2.48. The lowest BCUT2D eigenvalue weighted by molar-refractivity contribution is -0.142. The van der Waals surface area contributed by atoms with Gasteiger partial charge < -0.3 is 10.0 Å². The number of sulfone groups is 1. The van der Waals surface area contributed by atoms with Gasteiger partial charge >= 0.3 is 5.97 Å². The summed E-state index contributed by atoms with van der Waals surface area (Å²) in [6.07, 6.45) is 1.31. The number of rotatable bonds is 3. The molecule has 6 nitrogen and oxygen atoms in total. The van der Waals surface area contributed by atoms with E-state index in [1.54, 1.807) is 0 Å². The molecule has 1 aromatic carbocycles. The summed E-state index contributed by atoms with van der Waals surface area (Å²) < 4.78 is 23.2. The van der Waals surface area contributed by atoms with E-state index in [-0.39, 0.29) is 22.7 Å². The highest BCUT2D eigenvalue weighted by atomic mass is 32.2. The van der Waals surface area contributed by atoms with Crippen LogP contribution in [0, 0.1) is 0 Å². The van der Waals surface area contributed by atoms with Crippen LogP contribution in [0.25, 0.3) is 0 Å². The fourth-order valence-electron chi connectivity index (χ4n) is 2.75. The number of amides is 1. The molecule has 2 heterocycles. The molecule has 0 saturated carbocycles. The molecular formula is C16H15NO5S2. The van der Waals surface area contributed by atoms with Gasteiger partial charge in [-0.3, -0.25) is 4.79 Å². The predicted molar refractivity (Wildman–Crippen MR) is 88.9 cm³/mol. The van der Waals surface area contributed by atoms with Crippen LogP contribution in [0.15, 0.2) is 39.9 Å². The van der Waals surface area contributed by atoms with Gasteiger partial charge in [0.15, 0.2) is 9.84 Å². The van der Waals surface area contributed by atoms with Crippen LogP contribution in [0.3, 0.4) is 0 Å². The van der Waals surface area contributed by atoms with Gasteiger partial charge in [-0.1, -0.05) is 24.3 Å². The van der Waals surface area contributed by atoms with Crippen LogP contribution >= 0.6 is 11.3 Å². The Balaban J connectivity index is 1.95. The van der Waals surface area contributed by atoms with E-state index >= 15 is 0 Å². The molecule has 2 aromatic rings. The van der Waals surface area contributed by atoms with Crippen molar-refractivity contribution in [2.75, 3.05) is 6.26 Å². The third kappa shape index (κ3) is 3.07. The summed E-state index contributed by atoms with van der Waals surface area (Å²) in [6, 6.07) is 7.75. The number of carboxylic acid groups (broad SMARTS) is 1. The normalized spacial score (nSPS) is 17.4. The molecule has 3 rings (SSSR count). The first-order valence-electron chi connectivity index (χ1n) is 7.16. The van der Waals surface area contributed by atoms with Crippen molar-refractivity contribution in [3.63, 3.8) is 0 Å². The fraction of sp³-hybridized carbons (Fsp3) is 0.250. The Labute approximate surface area is 143 Å². The number of carbonyl (C=O) groups is 2. The SMILES string of the molecule is CS(=O)(=O)c1cc(C(=O)N2Cc3ccccc3CC2C(=O)O)cs1. The number of benzene rings is 1.